The molecule has 0 aliphatic heterocycles. The van der Waals surface area contributed by atoms with Crippen LogP contribution in [-0.2, 0) is 4.74 Å². The lowest BCUT2D eigenvalue weighted by molar-refractivity contribution is 0.0953. The molecule has 6 nitrogen and oxygen atoms in total. The Morgan fingerprint density at radius 3 is 2.52 bits per heavy atom. The number of pyridine rings is 1. The van der Waals surface area contributed by atoms with Crippen LogP contribution >= 0.6 is 0 Å². The topological polar surface area (TPSA) is 69.7 Å². The minimum absolute atomic E-state index is 0.109. The average molecular weight is 394 g/mol. The van der Waals surface area contributed by atoms with Gasteiger partial charge in [-0.15, -0.1) is 0 Å². The number of carbonyl (C=O) groups is 1. The van der Waals surface area contributed by atoms with Gasteiger partial charge in [-0.2, -0.15) is 0 Å². The van der Waals surface area contributed by atoms with Crippen molar-refractivity contribution in [2.75, 3.05) is 34.5 Å². The summed E-state index contributed by atoms with van der Waals surface area (Å²) in [6.07, 6.45) is 1.77. The molecule has 1 heterocycles. The zero-order valence-corrected chi connectivity index (χ0v) is 17.0. The number of nitrogens with zero attached hydrogens (tertiary/aromatic N) is 1. The molecule has 29 heavy (non-hydrogen) atoms. The van der Waals surface area contributed by atoms with Crippen LogP contribution < -0.4 is 14.8 Å². The number of aromatic nitrogens is 1. The lowest BCUT2D eigenvalue weighted by Crippen LogP contribution is -2.25. The van der Waals surface area contributed by atoms with Crippen LogP contribution in [0, 0.1) is 0 Å². The van der Waals surface area contributed by atoms with Crippen molar-refractivity contribution in [2.45, 2.75) is 12.8 Å². The van der Waals surface area contributed by atoms with Crippen LogP contribution in [-0.4, -0.2) is 45.4 Å². The molecule has 3 aromatic rings. The van der Waals surface area contributed by atoms with E-state index in [1.165, 1.54) is 0 Å². The van der Waals surface area contributed by atoms with E-state index in [0.29, 0.717) is 35.9 Å². The molecule has 0 aliphatic rings. The van der Waals surface area contributed by atoms with Crippen molar-refractivity contribution < 1.29 is 19.0 Å². The molecular weight excluding hydrogens is 368 g/mol. The Morgan fingerprint density at radius 2 is 1.76 bits per heavy atom. The summed E-state index contributed by atoms with van der Waals surface area (Å²) in [6.45, 7) is 1.29. The number of rotatable bonds is 9. The molecule has 0 saturated heterocycles. The Balaban J connectivity index is 1.95. The van der Waals surface area contributed by atoms with Crippen molar-refractivity contribution in [2.24, 2.45) is 0 Å². The molecule has 3 rings (SSSR count). The lowest BCUT2D eigenvalue weighted by Gasteiger charge is -2.12. The average Bonchev–Trinajstić information content (AvgIpc) is 2.77. The van der Waals surface area contributed by atoms with Crippen molar-refractivity contribution >= 4 is 16.8 Å². The van der Waals surface area contributed by atoms with E-state index in [1.54, 1.807) is 21.3 Å². The highest BCUT2D eigenvalue weighted by atomic mass is 16.5. The number of hydrogen-bond acceptors (Lipinski definition) is 5. The summed E-state index contributed by atoms with van der Waals surface area (Å²) in [7, 11) is 4.87. The lowest BCUT2D eigenvalue weighted by atomic mass is 10.0. The minimum atomic E-state index is -0.109. The number of para-hydroxylation sites is 1. The summed E-state index contributed by atoms with van der Waals surface area (Å²) >= 11 is 0. The fourth-order valence-electron chi connectivity index (χ4n) is 3.18. The molecule has 0 spiro atoms. The summed E-state index contributed by atoms with van der Waals surface area (Å²) < 4.78 is 15.8. The molecule has 1 N–H and O–H groups in total. The van der Waals surface area contributed by atoms with Gasteiger partial charge in [0.15, 0.2) is 11.5 Å². The minimum Gasteiger partial charge on any atom is -0.493 e. The fourth-order valence-corrected chi connectivity index (χ4v) is 3.18. The molecule has 0 radical (unpaired) electrons. The Morgan fingerprint density at radius 1 is 0.966 bits per heavy atom. The standard InChI is InChI=1S/C23H26N2O4/c1-27-13-7-6-12-24-23(26)18-15-20(25-19-9-5-4-8-17(18)19)16-10-11-21(28-2)22(14-16)29-3/h4-5,8-11,14-15H,6-7,12-13H2,1-3H3,(H,24,26). The third kappa shape index (κ3) is 4.84. The molecule has 152 valence electrons. The second kappa shape index (κ2) is 9.89. The van der Waals surface area contributed by atoms with Crippen LogP contribution in [0.2, 0.25) is 0 Å². The molecule has 6 heteroatoms. The Bertz CT molecular complexity index is 988. The number of amides is 1. The maximum absolute atomic E-state index is 12.9. The van der Waals surface area contributed by atoms with Crippen LogP contribution in [0.5, 0.6) is 11.5 Å². The first-order chi connectivity index (χ1) is 14.2. The molecule has 0 unspecified atom stereocenters. The molecule has 1 amide bonds. The van der Waals surface area contributed by atoms with Crippen LogP contribution in [0.4, 0.5) is 0 Å². The normalized spacial score (nSPS) is 10.7. The zero-order chi connectivity index (χ0) is 20.6. The highest BCUT2D eigenvalue weighted by Crippen LogP contribution is 2.33. The first-order valence-electron chi connectivity index (χ1n) is 9.57. The number of unbranched alkanes of at least 4 members (excludes halogenated alkanes) is 1. The molecule has 1 aromatic heterocycles. The van der Waals surface area contributed by atoms with Crippen molar-refractivity contribution in [1.82, 2.24) is 10.3 Å². The van der Waals surface area contributed by atoms with E-state index in [0.717, 1.165) is 29.3 Å². The highest BCUT2D eigenvalue weighted by Gasteiger charge is 2.15. The highest BCUT2D eigenvalue weighted by molar-refractivity contribution is 6.07. The number of methoxy groups -OCH3 is 3. The molecule has 2 aromatic carbocycles. The number of fused-ring (bicyclic) bond motifs is 1. The molecule has 0 aliphatic carbocycles. The zero-order valence-electron chi connectivity index (χ0n) is 17.0. The first kappa shape index (κ1) is 20.6. The van der Waals surface area contributed by atoms with Crippen molar-refractivity contribution in [3.63, 3.8) is 0 Å². The van der Waals surface area contributed by atoms with E-state index in [9.17, 15) is 4.79 Å². The SMILES string of the molecule is COCCCCNC(=O)c1cc(-c2ccc(OC)c(OC)c2)nc2ccccc12. The summed E-state index contributed by atoms with van der Waals surface area (Å²) in [4.78, 5) is 17.6. The van der Waals surface area contributed by atoms with Gasteiger partial charge in [0.1, 0.15) is 0 Å². The molecule has 0 atom stereocenters. The van der Waals surface area contributed by atoms with Gasteiger partial charge >= 0.3 is 0 Å². The predicted molar refractivity (Wildman–Crippen MR) is 114 cm³/mol. The maximum Gasteiger partial charge on any atom is 0.252 e. The third-order valence-electron chi connectivity index (χ3n) is 4.70. The summed E-state index contributed by atoms with van der Waals surface area (Å²) in [6, 6.07) is 15.1. The van der Waals surface area contributed by atoms with Crippen molar-refractivity contribution in [3.05, 3.63) is 54.1 Å². The van der Waals surface area contributed by atoms with E-state index in [1.807, 2.05) is 48.5 Å². The summed E-state index contributed by atoms with van der Waals surface area (Å²) in [5.41, 5.74) is 2.92. The van der Waals surface area contributed by atoms with E-state index >= 15 is 0 Å². The third-order valence-corrected chi connectivity index (χ3v) is 4.70. The predicted octanol–water partition coefficient (Wildman–Crippen LogP) is 4.08. The van der Waals surface area contributed by atoms with E-state index < -0.39 is 0 Å². The summed E-state index contributed by atoms with van der Waals surface area (Å²) in [5.74, 6) is 1.15. The maximum atomic E-state index is 12.9. The van der Waals surface area contributed by atoms with Crippen molar-refractivity contribution in [1.29, 1.82) is 0 Å². The number of benzene rings is 2. The van der Waals surface area contributed by atoms with E-state index in [2.05, 4.69) is 5.32 Å². The smallest absolute Gasteiger partial charge is 0.252 e. The molecular formula is C23H26N2O4. The van der Waals surface area contributed by atoms with Gasteiger partial charge in [-0.3, -0.25) is 4.79 Å². The Kier molecular flexibility index (Phi) is 7.03. The Hall–Kier alpha value is -3.12. The van der Waals surface area contributed by atoms with Gasteiger partial charge in [0.05, 0.1) is 31.0 Å². The monoisotopic (exact) mass is 394 g/mol. The molecule has 0 bridgehead atoms. The fraction of sp³-hybridized carbons (Fsp3) is 0.304. The quantitative estimate of drug-likeness (QED) is 0.554. The number of ether oxygens (including phenoxy) is 3. The van der Waals surface area contributed by atoms with Crippen LogP contribution in [0.25, 0.3) is 22.2 Å². The van der Waals surface area contributed by atoms with Gasteiger partial charge < -0.3 is 19.5 Å². The van der Waals surface area contributed by atoms with Gasteiger partial charge in [0.2, 0.25) is 0 Å². The van der Waals surface area contributed by atoms with Crippen LogP contribution in [0.3, 0.4) is 0 Å². The van der Waals surface area contributed by atoms with Gasteiger partial charge in [-0.1, -0.05) is 18.2 Å². The van der Waals surface area contributed by atoms with Crippen LogP contribution in [0.15, 0.2) is 48.5 Å². The van der Waals surface area contributed by atoms with Gasteiger partial charge in [0.25, 0.3) is 5.91 Å². The molecule has 0 saturated carbocycles. The van der Waals surface area contributed by atoms with Gasteiger partial charge in [-0.25, -0.2) is 4.98 Å². The van der Waals surface area contributed by atoms with Gasteiger partial charge in [0, 0.05) is 31.2 Å². The molecule has 0 fully saturated rings. The Labute approximate surface area is 170 Å². The second-order valence-corrected chi connectivity index (χ2v) is 6.60. The van der Waals surface area contributed by atoms with Crippen molar-refractivity contribution in [3.8, 4) is 22.8 Å². The number of carbonyl (C=O) groups excluding carboxylic acids is 1. The number of hydrogen-bond donors (Lipinski definition) is 1. The first-order valence-corrected chi connectivity index (χ1v) is 9.57. The van der Waals surface area contributed by atoms with E-state index in [4.69, 9.17) is 19.2 Å². The largest absolute Gasteiger partial charge is 0.493 e. The van der Waals surface area contributed by atoms with Gasteiger partial charge in [-0.05, 0) is 43.2 Å². The number of nitrogens with one attached hydrogen (secondary N) is 1. The van der Waals surface area contributed by atoms with E-state index in [-0.39, 0.29) is 5.91 Å². The summed E-state index contributed by atoms with van der Waals surface area (Å²) in [5, 5.41) is 3.83. The van der Waals surface area contributed by atoms with Crippen LogP contribution in [0.1, 0.15) is 23.2 Å². The second-order valence-electron chi connectivity index (χ2n) is 6.60.